The van der Waals surface area contributed by atoms with Crippen LogP contribution in [0.4, 0.5) is 5.69 Å². The number of likely N-dealkylation sites (tertiary alicyclic amines) is 1. The highest BCUT2D eigenvalue weighted by molar-refractivity contribution is 7.92. The average molecular weight is 350 g/mol. The van der Waals surface area contributed by atoms with Gasteiger partial charge >= 0.3 is 0 Å². The summed E-state index contributed by atoms with van der Waals surface area (Å²) < 4.78 is 25.5. The van der Waals surface area contributed by atoms with Crippen molar-refractivity contribution in [1.82, 2.24) is 4.90 Å². The normalized spacial score (nSPS) is 22.0. The molecule has 1 amide bonds. The molecule has 1 aromatic rings. The van der Waals surface area contributed by atoms with Crippen LogP contribution in [0.3, 0.4) is 0 Å². The maximum Gasteiger partial charge on any atom is 0.253 e. The fraction of sp³-hybridized carbons (Fsp3) is 0.611. The van der Waals surface area contributed by atoms with Crippen LogP contribution in [-0.2, 0) is 16.4 Å². The fourth-order valence-corrected chi connectivity index (χ4v) is 5.14. The Balaban J connectivity index is 1.84. The zero-order valence-corrected chi connectivity index (χ0v) is 15.3. The lowest BCUT2D eigenvalue weighted by atomic mass is 10.0. The second-order valence-corrected chi connectivity index (χ2v) is 8.87. The third-order valence-electron chi connectivity index (χ3n) is 4.98. The van der Waals surface area contributed by atoms with Crippen LogP contribution in [0, 0.1) is 0 Å². The largest absolute Gasteiger partial charge is 0.339 e. The van der Waals surface area contributed by atoms with E-state index in [1.807, 2.05) is 17.9 Å². The molecule has 0 N–H and O–H groups in total. The highest BCUT2D eigenvalue weighted by Crippen LogP contribution is 2.35. The minimum Gasteiger partial charge on any atom is -0.339 e. The number of hydrogen-bond acceptors (Lipinski definition) is 3. The van der Waals surface area contributed by atoms with Crippen molar-refractivity contribution in [3.63, 3.8) is 0 Å². The van der Waals surface area contributed by atoms with Gasteiger partial charge in [0.25, 0.3) is 5.91 Å². The van der Waals surface area contributed by atoms with Crippen LogP contribution in [0.25, 0.3) is 0 Å². The van der Waals surface area contributed by atoms with E-state index in [-0.39, 0.29) is 11.9 Å². The first-order valence-electron chi connectivity index (χ1n) is 8.79. The summed E-state index contributed by atoms with van der Waals surface area (Å²) in [5.74, 6) is 0.0742. The molecule has 5 nitrogen and oxygen atoms in total. The monoisotopic (exact) mass is 350 g/mol. The fourth-order valence-electron chi connectivity index (χ4n) is 3.87. The van der Waals surface area contributed by atoms with E-state index in [1.165, 1.54) is 29.8 Å². The predicted octanol–water partition coefficient (Wildman–Crippen LogP) is 2.80. The van der Waals surface area contributed by atoms with Crippen molar-refractivity contribution in [3.05, 3.63) is 29.3 Å². The van der Waals surface area contributed by atoms with Crippen molar-refractivity contribution in [2.24, 2.45) is 0 Å². The first kappa shape index (κ1) is 17.3. The topological polar surface area (TPSA) is 57.7 Å². The molecule has 0 radical (unpaired) electrons. The smallest absolute Gasteiger partial charge is 0.253 e. The zero-order valence-electron chi connectivity index (χ0n) is 14.5. The summed E-state index contributed by atoms with van der Waals surface area (Å²) in [5.41, 5.74) is 2.34. The second-order valence-electron chi connectivity index (χ2n) is 7.02. The Morgan fingerprint density at radius 1 is 1.08 bits per heavy atom. The predicted molar refractivity (Wildman–Crippen MR) is 95.9 cm³/mol. The molecule has 0 aliphatic carbocycles. The molecular formula is C18H26N2O3S. The molecule has 1 atom stereocenters. The van der Waals surface area contributed by atoms with Crippen LogP contribution in [-0.4, -0.2) is 44.6 Å². The average Bonchev–Trinajstić information content (AvgIpc) is 2.81. The molecule has 0 aromatic heterocycles. The van der Waals surface area contributed by atoms with Crippen molar-refractivity contribution in [3.8, 4) is 0 Å². The van der Waals surface area contributed by atoms with Gasteiger partial charge in [0.2, 0.25) is 10.0 Å². The van der Waals surface area contributed by atoms with E-state index in [1.54, 1.807) is 12.1 Å². The highest BCUT2D eigenvalue weighted by atomic mass is 32.2. The van der Waals surface area contributed by atoms with Gasteiger partial charge in [0.15, 0.2) is 0 Å². The lowest BCUT2D eigenvalue weighted by Gasteiger charge is -2.25. The van der Waals surface area contributed by atoms with E-state index in [9.17, 15) is 13.2 Å². The summed E-state index contributed by atoms with van der Waals surface area (Å²) in [6, 6.07) is 5.35. The molecule has 6 heteroatoms. The van der Waals surface area contributed by atoms with Crippen molar-refractivity contribution in [2.45, 2.75) is 51.5 Å². The first-order chi connectivity index (χ1) is 11.4. The van der Waals surface area contributed by atoms with Crippen molar-refractivity contribution in [1.29, 1.82) is 0 Å². The third kappa shape index (κ3) is 3.43. The van der Waals surface area contributed by atoms with E-state index in [0.717, 1.165) is 31.5 Å². The maximum absolute atomic E-state index is 12.8. The number of carbonyl (C=O) groups is 1. The Hall–Kier alpha value is -1.56. The minimum absolute atomic E-state index is 0.0742. The number of anilines is 1. The summed E-state index contributed by atoms with van der Waals surface area (Å²) in [5, 5.41) is 0. The number of fused-ring (bicyclic) bond motifs is 1. The molecule has 0 bridgehead atoms. The van der Waals surface area contributed by atoms with Crippen LogP contribution < -0.4 is 4.31 Å². The number of rotatable bonds is 2. The van der Waals surface area contributed by atoms with E-state index in [2.05, 4.69) is 0 Å². The SMILES string of the molecule is CC1Cc2cc(C(=O)N3CCCCCCC3)ccc2N1S(C)(=O)=O. The Morgan fingerprint density at radius 3 is 2.33 bits per heavy atom. The molecule has 132 valence electrons. The summed E-state index contributed by atoms with van der Waals surface area (Å²) in [7, 11) is -3.29. The van der Waals surface area contributed by atoms with Crippen molar-refractivity contribution >= 4 is 21.6 Å². The van der Waals surface area contributed by atoms with Crippen molar-refractivity contribution in [2.75, 3.05) is 23.7 Å². The van der Waals surface area contributed by atoms with E-state index < -0.39 is 10.0 Å². The van der Waals surface area contributed by atoms with Gasteiger partial charge in [-0.2, -0.15) is 0 Å². The molecule has 2 aliphatic rings. The van der Waals surface area contributed by atoms with Gasteiger partial charge in [-0.15, -0.1) is 0 Å². The van der Waals surface area contributed by atoms with Crippen LogP contribution in [0.2, 0.25) is 0 Å². The number of carbonyl (C=O) groups excluding carboxylic acids is 1. The van der Waals surface area contributed by atoms with Crippen molar-refractivity contribution < 1.29 is 13.2 Å². The Morgan fingerprint density at radius 2 is 1.71 bits per heavy atom. The lowest BCUT2D eigenvalue weighted by molar-refractivity contribution is 0.0742. The van der Waals surface area contributed by atoms with Crippen LogP contribution >= 0.6 is 0 Å². The molecule has 0 saturated carbocycles. The second kappa shape index (κ2) is 6.75. The summed E-state index contributed by atoms with van der Waals surface area (Å²) in [6.07, 6.45) is 7.66. The molecular weight excluding hydrogens is 324 g/mol. The first-order valence-corrected chi connectivity index (χ1v) is 10.6. The third-order valence-corrected chi connectivity index (χ3v) is 6.25. The van der Waals surface area contributed by atoms with Gasteiger partial charge < -0.3 is 4.90 Å². The van der Waals surface area contributed by atoms with E-state index >= 15 is 0 Å². The molecule has 0 spiro atoms. The Labute approximate surface area is 144 Å². The van der Waals surface area contributed by atoms with Crippen LogP contribution in [0.5, 0.6) is 0 Å². The molecule has 3 rings (SSSR count). The van der Waals surface area contributed by atoms with Gasteiger partial charge in [-0.1, -0.05) is 19.3 Å². The summed E-state index contributed by atoms with van der Waals surface area (Å²) in [4.78, 5) is 14.8. The molecule has 1 fully saturated rings. The number of nitrogens with zero attached hydrogens (tertiary/aromatic N) is 2. The number of sulfonamides is 1. The van der Waals surface area contributed by atoms with E-state index in [4.69, 9.17) is 0 Å². The van der Waals surface area contributed by atoms with Gasteiger partial charge in [-0.25, -0.2) is 8.42 Å². The molecule has 1 unspecified atom stereocenters. The molecule has 1 aromatic carbocycles. The molecule has 2 heterocycles. The summed E-state index contributed by atoms with van der Waals surface area (Å²) >= 11 is 0. The standard InChI is InChI=1S/C18H26N2O3S/c1-14-12-16-13-15(8-9-17(16)20(14)24(2,22)23)18(21)19-10-6-4-3-5-7-11-19/h8-9,13-14H,3-7,10-12H2,1-2H3. The number of benzene rings is 1. The zero-order chi connectivity index (χ0) is 17.3. The van der Waals surface area contributed by atoms with Gasteiger partial charge in [-0.3, -0.25) is 9.10 Å². The summed E-state index contributed by atoms with van der Waals surface area (Å²) in [6.45, 7) is 3.55. The van der Waals surface area contributed by atoms with Crippen LogP contribution in [0.1, 0.15) is 54.9 Å². The highest BCUT2D eigenvalue weighted by Gasteiger charge is 2.33. The van der Waals surface area contributed by atoms with Gasteiger partial charge in [0.05, 0.1) is 11.9 Å². The molecule has 1 saturated heterocycles. The molecule has 2 aliphatic heterocycles. The lowest BCUT2D eigenvalue weighted by Crippen LogP contribution is -2.34. The Kier molecular flexibility index (Phi) is 4.85. The van der Waals surface area contributed by atoms with E-state index in [0.29, 0.717) is 17.7 Å². The van der Waals surface area contributed by atoms with Gasteiger partial charge in [0.1, 0.15) is 0 Å². The quantitative estimate of drug-likeness (QED) is 0.824. The molecule has 24 heavy (non-hydrogen) atoms. The maximum atomic E-state index is 12.8. The van der Waals surface area contributed by atoms with Crippen LogP contribution in [0.15, 0.2) is 18.2 Å². The number of amides is 1. The Bertz CT molecular complexity index is 722. The van der Waals surface area contributed by atoms with Gasteiger partial charge in [0, 0.05) is 24.7 Å². The number of hydrogen-bond donors (Lipinski definition) is 0. The van der Waals surface area contributed by atoms with Gasteiger partial charge in [-0.05, 0) is 49.9 Å². The minimum atomic E-state index is -3.29.